The van der Waals surface area contributed by atoms with E-state index in [-0.39, 0.29) is 9.75 Å². The summed E-state index contributed by atoms with van der Waals surface area (Å²) in [6.45, 7) is -4.50. The smallest absolute Gasteiger partial charge is 0.0314 e. The van der Waals surface area contributed by atoms with Crippen LogP contribution in [0.2, 0.25) is 0 Å². The third-order valence-corrected chi connectivity index (χ3v) is 2.34. The van der Waals surface area contributed by atoms with Gasteiger partial charge in [-0.05, 0) is 35.7 Å². The highest BCUT2D eigenvalue weighted by Gasteiger charge is 1.95. The zero-order chi connectivity index (χ0) is 11.1. The minimum absolute atomic E-state index is 0.0867. The second-order valence-corrected chi connectivity index (χ2v) is 3.19. The molecule has 0 aliphatic rings. The highest BCUT2D eigenvalue weighted by atomic mass is 79.9. The van der Waals surface area contributed by atoms with E-state index in [1.165, 1.54) is 6.07 Å². The minimum atomic E-state index is -2.26. The molecule has 0 bridgehead atoms. The van der Waals surface area contributed by atoms with Gasteiger partial charge >= 0.3 is 0 Å². The lowest BCUT2D eigenvalue weighted by Crippen LogP contribution is -1.53. The fourth-order valence-corrected chi connectivity index (χ4v) is 1.55. The second kappa shape index (κ2) is 2.19. The minimum Gasteiger partial charge on any atom is -0.145 e. The Morgan fingerprint density at radius 3 is 3.00 bits per heavy atom. The SMILES string of the molecule is [2H]C([2H])([2H])c1cc(Br)c(C([2H])([2H])[2H])s1. The van der Waals surface area contributed by atoms with Gasteiger partial charge in [0.2, 0.25) is 0 Å². The molecule has 0 saturated carbocycles. The molecule has 0 aliphatic carbocycles. The first-order valence-electron chi connectivity index (χ1n) is 4.92. The molecule has 0 saturated heterocycles. The summed E-state index contributed by atoms with van der Waals surface area (Å²) in [4.78, 5) is 0.180. The maximum absolute atomic E-state index is 7.16. The Morgan fingerprint density at radius 1 is 1.75 bits per heavy atom. The maximum atomic E-state index is 7.16. The van der Waals surface area contributed by atoms with Crippen molar-refractivity contribution in [2.45, 2.75) is 13.7 Å². The van der Waals surface area contributed by atoms with Crippen LogP contribution >= 0.6 is 27.3 Å². The van der Waals surface area contributed by atoms with Gasteiger partial charge in [0.15, 0.2) is 0 Å². The van der Waals surface area contributed by atoms with E-state index in [1.807, 2.05) is 0 Å². The fraction of sp³-hybridized carbons (Fsp3) is 0.333. The molecule has 0 N–H and O–H groups in total. The summed E-state index contributed by atoms with van der Waals surface area (Å²) < 4.78 is 43.2. The highest BCUT2D eigenvalue weighted by molar-refractivity contribution is 9.10. The number of hydrogen-bond acceptors (Lipinski definition) is 1. The van der Waals surface area contributed by atoms with Crippen LogP contribution in [0.5, 0.6) is 0 Å². The van der Waals surface area contributed by atoms with Gasteiger partial charge in [-0.3, -0.25) is 0 Å². The molecule has 8 heavy (non-hydrogen) atoms. The Hall–Kier alpha value is 0.180. The van der Waals surface area contributed by atoms with Crippen LogP contribution in [0.1, 0.15) is 18.0 Å². The van der Waals surface area contributed by atoms with Crippen molar-refractivity contribution in [1.82, 2.24) is 0 Å². The Bertz CT molecular complexity index is 335. The van der Waals surface area contributed by atoms with E-state index < -0.39 is 13.7 Å². The molecule has 2 heteroatoms. The Labute approximate surface area is 70.1 Å². The number of thiophene rings is 1. The van der Waals surface area contributed by atoms with Crippen molar-refractivity contribution in [1.29, 1.82) is 0 Å². The molecule has 1 aromatic heterocycles. The summed E-state index contributed by atoms with van der Waals surface area (Å²) in [5, 5.41) is 0. The van der Waals surface area contributed by atoms with Crippen molar-refractivity contribution < 1.29 is 8.22 Å². The van der Waals surface area contributed by atoms with Gasteiger partial charge in [-0.1, -0.05) is 0 Å². The topological polar surface area (TPSA) is 0 Å². The molecule has 0 aromatic carbocycles. The molecule has 0 spiro atoms. The molecular weight excluding hydrogens is 184 g/mol. The molecule has 1 rings (SSSR count). The molecule has 1 heterocycles. The van der Waals surface area contributed by atoms with Crippen LogP contribution in [0.15, 0.2) is 10.5 Å². The monoisotopic (exact) mass is 196 g/mol. The van der Waals surface area contributed by atoms with Gasteiger partial charge in [0.1, 0.15) is 0 Å². The van der Waals surface area contributed by atoms with E-state index in [4.69, 9.17) is 8.22 Å². The van der Waals surface area contributed by atoms with Crippen LogP contribution < -0.4 is 0 Å². The fourth-order valence-electron chi connectivity index (χ4n) is 0.369. The molecule has 44 valence electrons. The first kappa shape index (κ1) is 2.10. The summed E-state index contributed by atoms with van der Waals surface area (Å²) in [7, 11) is 0. The molecular formula is C6H7BrS. The summed E-state index contributed by atoms with van der Waals surface area (Å²) in [6.07, 6.45) is 0. The Balaban J connectivity index is 3.19. The molecule has 0 nitrogen and oxygen atoms in total. The normalized spacial score (nSPS) is 24.1. The standard InChI is InChI=1S/C6H7BrS/c1-4-3-6(7)5(2)8-4/h3H,1-2H3/i1D3,2D3. The van der Waals surface area contributed by atoms with Gasteiger partial charge in [0, 0.05) is 22.5 Å². The lowest BCUT2D eigenvalue weighted by Gasteiger charge is -1.77. The third-order valence-electron chi connectivity index (χ3n) is 0.687. The second-order valence-electron chi connectivity index (χ2n) is 1.29. The summed E-state index contributed by atoms with van der Waals surface area (Å²) in [5.41, 5.74) is 0. The van der Waals surface area contributed by atoms with Crippen molar-refractivity contribution in [3.05, 3.63) is 20.3 Å². The maximum Gasteiger partial charge on any atom is 0.0314 e. The van der Waals surface area contributed by atoms with E-state index in [2.05, 4.69) is 15.9 Å². The average molecular weight is 197 g/mol. The summed E-state index contributed by atoms with van der Waals surface area (Å²) in [5.74, 6) is 0. The molecule has 0 unspecified atom stereocenters. The van der Waals surface area contributed by atoms with Gasteiger partial charge in [0.25, 0.3) is 0 Å². The molecule has 0 radical (unpaired) electrons. The van der Waals surface area contributed by atoms with E-state index in [1.54, 1.807) is 0 Å². The van der Waals surface area contributed by atoms with Crippen LogP contribution in [0, 0.1) is 13.7 Å². The first-order valence-corrected chi connectivity index (χ1v) is 3.53. The lowest BCUT2D eigenvalue weighted by molar-refractivity contribution is 1.56. The molecule has 0 atom stereocenters. The van der Waals surface area contributed by atoms with E-state index in [9.17, 15) is 0 Å². The van der Waals surface area contributed by atoms with Crippen molar-refractivity contribution >= 4 is 27.3 Å². The number of aryl methyl sites for hydroxylation is 2. The van der Waals surface area contributed by atoms with Crippen LogP contribution in [-0.4, -0.2) is 0 Å². The van der Waals surface area contributed by atoms with Gasteiger partial charge in [0.05, 0.1) is 0 Å². The van der Waals surface area contributed by atoms with Crippen LogP contribution in [0.3, 0.4) is 0 Å². The number of halogens is 1. The van der Waals surface area contributed by atoms with E-state index in [0.717, 1.165) is 11.3 Å². The van der Waals surface area contributed by atoms with Gasteiger partial charge in [-0.25, -0.2) is 0 Å². The predicted molar refractivity (Wildman–Crippen MR) is 41.5 cm³/mol. The van der Waals surface area contributed by atoms with Gasteiger partial charge in [-0.15, -0.1) is 11.3 Å². The van der Waals surface area contributed by atoms with E-state index >= 15 is 0 Å². The van der Waals surface area contributed by atoms with E-state index in [0.29, 0.717) is 4.47 Å². The van der Waals surface area contributed by atoms with Crippen LogP contribution in [-0.2, 0) is 0 Å². The van der Waals surface area contributed by atoms with Crippen molar-refractivity contribution in [3.8, 4) is 0 Å². The number of rotatable bonds is 0. The summed E-state index contributed by atoms with van der Waals surface area (Å²) in [6, 6.07) is 1.35. The van der Waals surface area contributed by atoms with Gasteiger partial charge in [-0.2, -0.15) is 0 Å². The predicted octanol–water partition coefficient (Wildman–Crippen LogP) is 3.13. The quantitative estimate of drug-likeness (QED) is 0.599. The molecule has 0 aliphatic heterocycles. The zero-order valence-electron chi connectivity index (χ0n) is 9.86. The van der Waals surface area contributed by atoms with Gasteiger partial charge < -0.3 is 0 Å². The molecule has 1 aromatic rings. The lowest BCUT2D eigenvalue weighted by atomic mass is 10.5. The van der Waals surface area contributed by atoms with Crippen molar-refractivity contribution in [2.75, 3.05) is 0 Å². The Kier molecular flexibility index (Phi) is 0.575. The van der Waals surface area contributed by atoms with Crippen molar-refractivity contribution in [3.63, 3.8) is 0 Å². The van der Waals surface area contributed by atoms with Crippen LogP contribution in [0.25, 0.3) is 0 Å². The molecule has 0 amide bonds. The third kappa shape index (κ3) is 1.12. The summed E-state index contributed by atoms with van der Waals surface area (Å²) >= 11 is 3.85. The number of hydrogen-bond donors (Lipinski definition) is 0. The largest absolute Gasteiger partial charge is 0.145 e. The van der Waals surface area contributed by atoms with Crippen molar-refractivity contribution in [2.24, 2.45) is 0 Å². The highest BCUT2D eigenvalue weighted by Crippen LogP contribution is 2.24. The zero-order valence-corrected chi connectivity index (χ0v) is 6.27. The Morgan fingerprint density at radius 2 is 2.62 bits per heavy atom. The first-order chi connectivity index (χ1) is 6.12. The average Bonchev–Trinajstić information content (AvgIpc) is 2.27. The van der Waals surface area contributed by atoms with Crippen LogP contribution in [0.4, 0.5) is 0 Å². The molecule has 0 fully saturated rings.